The number of carbonyl (C=O) groups is 3. The topological polar surface area (TPSA) is 75.3 Å². The molecule has 7 heteroatoms. The molecule has 0 bridgehead atoms. The number of hydrogen-bond donors (Lipinski definition) is 2. The largest absolute Gasteiger partial charge is 0.320 e. The molecule has 0 rings (SSSR count). The maximum Gasteiger partial charge on any atom is 0.149 e. The fourth-order valence-corrected chi connectivity index (χ4v) is 2.08. The highest BCUT2D eigenvalue weighted by atomic mass is 33.1. The second-order valence-electron chi connectivity index (χ2n) is 5.58. The standard InChI is InChI=1S/C15H28N2O3.C2H6S2/c1-5-13(7-6-11(2)18)15(20)10-17-14(12(3)19)8-9-16-4;1-3-4-2/h13-14,16-17H,5-10H2,1-4H3;1-2H3/t13-,14-;/m0./s1. The van der Waals surface area contributed by atoms with Gasteiger partial charge in [0.1, 0.15) is 17.3 Å². The van der Waals surface area contributed by atoms with E-state index in [-0.39, 0.29) is 35.9 Å². The molecule has 0 saturated heterocycles. The van der Waals surface area contributed by atoms with Crippen molar-refractivity contribution in [2.45, 2.75) is 52.5 Å². The van der Waals surface area contributed by atoms with Gasteiger partial charge in [0.15, 0.2) is 0 Å². The van der Waals surface area contributed by atoms with Crippen LogP contribution in [-0.2, 0) is 14.4 Å². The van der Waals surface area contributed by atoms with Crippen molar-refractivity contribution >= 4 is 38.9 Å². The minimum Gasteiger partial charge on any atom is -0.320 e. The zero-order valence-corrected chi connectivity index (χ0v) is 17.6. The van der Waals surface area contributed by atoms with Crippen molar-refractivity contribution in [1.82, 2.24) is 10.6 Å². The first-order chi connectivity index (χ1) is 11.3. The van der Waals surface area contributed by atoms with E-state index in [1.807, 2.05) is 14.0 Å². The molecule has 24 heavy (non-hydrogen) atoms. The maximum atomic E-state index is 12.1. The van der Waals surface area contributed by atoms with Gasteiger partial charge in [-0.25, -0.2) is 0 Å². The molecule has 2 atom stereocenters. The highest BCUT2D eigenvalue weighted by molar-refractivity contribution is 8.76. The van der Waals surface area contributed by atoms with E-state index in [0.717, 1.165) is 13.0 Å². The zero-order chi connectivity index (χ0) is 19.0. The summed E-state index contributed by atoms with van der Waals surface area (Å²) in [5.74, 6) is 0.150. The summed E-state index contributed by atoms with van der Waals surface area (Å²) in [5, 5.41) is 6.02. The molecule has 2 N–H and O–H groups in total. The number of Topliss-reactive ketones (excluding diaryl/α,β-unsaturated/α-hetero) is 3. The number of ketones is 3. The van der Waals surface area contributed by atoms with Crippen molar-refractivity contribution in [3.05, 3.63) is 0 Å². The van der Waals surface area contributed by atoms with E-state index in [0.29, 0.717) is 19.3 Å². The Hall–Kier alpha value is -0.370. The van der Waals surface area contributed by atoms with Crippen molar-refractivity contribution in [3.8, 4) is 0 Å². The Balaban J connectivity index is 0. The molecule has 0 spiro atoms. The van der Waals surface area contributed by atoms with E-state index in [1.54, 1.807) is 28.5 Å². The smallest absolute Gasteiger partial charge is 0.149 e. The molecular weight excluding hydrogens is 344 g/mol. The molecule has 0 aliphatic carbocycles. The molecule has 0 heterocycles. The summed E-state index contributed by atoms with van der Waals surface area (Å²) in [5.41, 5.74) is 0. The van der Waals surface area contributed by atoms with Gasteiger partial charge in [-0.2, -0.15) is 0 Å². The third-order valence-corrected chi connectivity index (χ3v) is 4.99. The summed E-state index contributed by atoms with van der Waals surface area (Å²) < 4.78 is 0. The average Bonchev–Trinajstić information content (AvgIpc) is 2.55. The van der Waals surface area contributed by atoms with E-state index in [1.165, 1.54) is 6.92 Å². The van der Waals surface area contributed by atoms with Gasteiger partial charge >= 0.3 is 0 Å². The fraction of sp³-hybridized carbons (Fsp3) is 0.824. The molecule has 0 saturated carbocycles. The number of rotatable bonds is 13. The van der Waals surface area contributed by atoms with Crippen molar-refractivity contribution < 1.29 is 14.4 Å². The van der Waals surface area contributed by atoms with Crippen molar-refractivity contribution in [2.75, 3.05) is 32.6 Å². The Labute approximate surface area is 155 Å². The lowest BCUT2D eigenvalue weighted by atomic mass is 9.94. The zero-order valence-electron chi connectivity index (χ0n) is 15.9. The molecule has 0 unspecified atom stereocenters. The van der Waals surface area contributed by atoms with Crippen LogP contribution in [0.4, 0.5) is 0 Å². The monoisotopic (exact) mass is 378 g/mol. The third-order valence-electron chi connectivity index (χ3n) is 3.66. The second kappa shape index (κ2) is 17.5. The summed E-state index contributed by atoms with van der Waals surface area (Å²) in [6.45, 7) is 5.95. The number of nitrogens with one attached hydrogen (secondary N) is 2. The van der Waals surface area contributed by atoms with Crippen LogP contribution in [-0.4, -0.2) is 56.0 Å². The lowest BCUT2D eigenvalue weighted by Crippen LogP contribution is -2.41. The molecular formula is C17H34N2O3S2. The SMILES string of the molecule is CC[C@@H](CCC(C)=O)C(=O)CN[C@@H](CCNC)C(C)=O.CSSC. The van der Waals surface area contributed by atoms with E-state index in [9.17, 15) is 14.4 Å². The molecule has 0 aromatic rings. The van der Waals surface area contributed by atoms with Crippen molar-refractivity contribution in [3.63, 3.8) is 0 Å². The van der Waals surface area contributed by atoms with Crippen LogP contribution in [0.5, 0.6) is 0 Å². The maximum absolute atomic E-state index is 12.1. The van der Waals surface area contributed by atoms with Gasteiger partial charge in [0.2, 0.25) is 0 Å². The Morgan fingerprint density at radius 1 is 1.04 bits per heavy atom. The van der Waals surface area contributed by atoms with Gasteiger partial charge in [-0.15, -0.1) is 0 Å². The van der Waals surface area contributed by atoms with Gasteiger partial charge in [0, 0.05) is 12.3 Å². The molecule has 0 aromatic heterocycles. The summed E-state index contributed by atoms with van der Waals surface area (Å²) in [6.07, 6.45) is 6.57. The fourth-order valence-electron chi connectivity index (χ4n) is 2.08. The van der Waals surface area contributed by atoms with Crippen LogP contribution in [0.1, 0.15) is 46.5 Å². The molecule has 142 valence electrons. The van der Waals surface area contributed by atoms with E-state index < -0.39 is 0 Å². The number of hydrogen-bond acceptors (Lipinski definition) is 7. The van der Waals surface area contributed by atoms with Crippen LogP contribution in [0, 0.1) is 5.92 Å². The molecule has 0 fully saturated rings. The number of carbonyl (C=O) groups excluding carboxylic acids is 3. The van der Waals surface area contributed by atoms with Crippen molar-refractivity contribution in [1.29, 1.82) is 0 Å². The van der Waals surface area contributed by atoms with Crippen LogP contribution in [0.2, 0.25) is 0 Å². The highest BCUT2D eigenvalue weighted by Crippen LogP contribution is 2.12. The minimum atomic E-state index is -0.281. The highest BCUT2D eigenvalue weighted by Gasteiger charge is 2.19. The normalized spacial score (nSPS) is 12.8. The van der Waals surface area contributed by atoms with E-state index in [4.69, 9.17) is 0 Å². The Bertz CT molecular complexity index is 364. The third kappa shape index (κ3) is 15.2. The van der Waals surface area contributed by atoms with Crippen LogP contribution in [0.15, 0.2) is 0 Å². The van der Waals surface area contributed by atoms with Gasteiger partial charge in [-0.05, 0) is 59.2 Å². The first kappa shape index (κ1) is 25.9. The molecule has 0 amide bonds. The van der Waals surface area contributed by atoms with Crippen LogP contribution >= 0.6 is 21.6 Å². The minimum absolute atomic E-state index is 0.0461. The van der Waals surface area contributed by atoms with Crippen LogP contribution < -0.4 is 10.6 Å². The first-order valence-corrected chi connectivity index (χ1v) is 11.3. The van der Waals surface area contributed by atoms with Gasteiger partial charge < -0.3 is 15.4 Å². The van der Waals surface area contributed by atoms with Crippen LogP contribution in [0.3, 0.4) is 0 Å². The summed E-state index contributed by atoms with van der Waals surface area (Å²) >= 11 is 0. The van der Waals surface area contributed by atoms with Crippen LogP contribution in [0.25, 0.3) is 0 Å². The van der Waals surface area contributed by atoms with E-state index >= 15 is 0 Å². The predicted molar refractivity (Wildman–Crippen MR) is 107 cm³/mol. The average molecular weight is 379 g/mol. The summed E-state index contributed by atoms with van der Waals surface area (Å²) in [7, 11) is 5.38. The Morgan fingerprint density at radius 3 is 2.00 bits per heavy atom. The Morgan fingerprint density at radius 2 is 1.62 bits per heavy atom. The first-order valence-electron chi connectivity index (χ1n) is 8.31. The Kier molecular flexibility index (Phi) is 18.8. The van der Waals surface area contributed by atoms with E-state index in [2.05, 4.69) is 23.1 Å². The van der Waals surface area contributed by atoms with Gasteiger partial charge in [0.25, 0.3) is 0 Å². The summed E-state index contributed by atoms with van der Waals surface area (Å²) in [6, 6.07) is -0.281. The predicted octanol–water partition coefficient (Wildman–Crippen LogP) is 2.74. The van der Waals surface area contributed by atoms with Gasteiger partial charge in [-0.3, -0.25) is 9.59 Å². The quantitative estimate of drug-likeness (QED) is 0.477. The van der Waals surface area contributed by atoms with Gasteiger partial charge in [0.05, 0.1) is 12.6 Å². The molecule has 0 aliphatic heterocycles. The molecule has 5 nitrogen and oxygen atoms in total. The molecule has 0 aliphatic rings. The van der Waals surface area contributed by atoms with Crippen molar-refractivity contribution in [2.24, 2.45) is 5.92 Å². The lowest BCUT2D eigenvalue weighted by Gasteiger charge is -2.18. The second-order valence-corrected chi connectivity index (χ2v) is 8.25. The lowest BCUT2D eigenvalue weighted by molar-refractivity contribution is -0.123. The molecule has 0 aromatic carbocycles. The summed E-state index contributed by atoms with van der Waals surface area (Å²) in [4.78, 5) is 34.5. The van der Waals surface area contributed by atoms with Gasteiger partial charge in [-0.1, -0.05) is 28.5 Å². The molecule has 0 radical (unpaired) electrons.